The molecule has 4 nitrogen and oxygen atoms in total. The van der Waals surface area contributed by atoms with E-state index in [2.05, 4.69) is 15.8 Å². The molecule has 0 spiro atoms. The van der Waals surface area contributed by atoms with Crippen LogP contribution >= 0.6 is 0 Å². The largest absolute Gasteiger partial charge is 0.361 e. The molecule has 5 heteroatoms. The SMILES string of the molecule is Cc1ccc(S(=O)(=O)NC(c2c[nH]c3ccccc23)C2CCCCC2)cc1. The van der Waals surface area contributed by atoms with Crippen LogP contribution in [0, 0.1) is 12.8 Å². The molecule has 3 aromatic rings. The Labute approximate surface area is 161 Å². The summed E-state index contributed by atoms with van der Waals surface area (Å²) in [5, 5.41) is 1.10. The molecule has 2 aromatic carbocycles. The van der Waals surface area contributed by atoms with Gasteiger partial charge < -0.3 is 4.98 Å². The minimum absolute atomic E-state index is 0.215. The van der Waals surface area contributed by atoms with Crippen LogP contribution in [0.5, 0.6) is 0 Å². The van der Waals surface area contributed by atoms with Gasteiger partial charge in [0.1, 0.15) is 0 Å². The molecule has 0 aliphatic heterocycles. The zero-order valence-electron chi connectivity index (χ0n) is 15.6. The second-order valence-corrected chi connectivity index (χ2v) is 9.31. The van der Waals surface area contributed by atoms with Crippen molar-refractivity contribution in [3.05, 3.63) is 65.9 Å². The molecule has 1 aromatic heterocycles. The molecular weight excluding hydrogens is 356 g/mol. The Hall–Kier alpha value is -2.11. The van der Waals surface area contributed by atoms with E-state index in [1.54, 1.807) is 12.1 Å². The van der Waals surface area contributed by atoms with Crippen molar-refractivity contribution in [3.8, 4) is 0 Å². The molecule has 1 aliphatic carbocycles. The molecule has 1 unspecified atom stereocenters. The van der Waals surface area contributed by atoms with Gasteiger partial charge in [-0.3, -0.25) is 0 Å². The van der Waals surface area contributed by atoms with E-state index in [1.165, 1.54) is 6.42 Å². The summed E-state index contributed by atoms with van der Waals surface area (Å²) in [6, 6.07) is 14.9. The maximum atomic E-state index is 13.1. The van der Waals surface area contributed by atoms with E-state index in [0.717, 1.165) is 47.7 Å². The number of aromatic nitrogens is 1. The summed E-state index contributed by atoms with van der Waals surface area (Å²) in [5.74, 6) is 0.318. The molecule has 2 N–H and O–H groups in total. The van der Waals surface area contributed by atoms with Crippen molar-refractivity contribution in [2.75, 3.05) is 0 Å². The Balaban J connectivity index is 1.73. The van der Waals surface area contributed by atoms with Gasteiger partial charge in [0.15, 0.2) is 0 Å². The summed E-state index contributed by atoms with van der Waals surface area (Å²) < 4.78 is 29.3. The minimum atomic E-state index is -3.58. The van der Waals surface area contributed by atoms with Crippen LogP contribution in [0.4, 0.5) is 0 Å². The first-order valence-corrected chi connectivity index (χ1v) is 11.2. The first-order valence-electron chi connectivity index (χ1n) is 9.69. The van der Waals surface area contributed by atoms with Crippen LogP contribution in [0.2, 0.25) is 0 Å². The highest BCUT2D eigenvalue weighted by atomic mass is 32.2. The number of aryl methyl sites for hydroxylation is 1. The van der Waals surface area contributed by atoms with Gasteiger partial charge in [-0.05, 0) is 49.4 Å². The van der Waals surface area contributed by atoms with Gasteiger partial charge in [0.05, 0.1) is 10.9 Å². The molecule has 0 amide bonds. The number of hydrogen-bond donors (Lipinski definition) is 2. The third kappa shape index (κ3) is 3.80. The summed E-state index contributed by atoms with van der Waals surface area (Å²) in [7, 11) is -3.58. The molecule has 1 atom stereocenters. The summed E-state index contributed by atoms with van der Waals surface area (Å²) in [6.07, 6.45) is 7.65. The van der Waals surface area contributed by atoms with E-state index in [4.69, 9.17) is 0 Å². The average Bonchev–Trinajstić information content (AvgIpc) is 3.11. The van der Waals surface area contributed by atoms with Crippen molar-refractivity contribution in [1.82, 2.24) is 9.71 Å². The zero-order valence-corrected chi connectivity index (χ0v) is 16.4. The Kier molecular flexibility index (Phi) is 5.06. The fraction of sp³-hybridized carbons (Fsp3) is 0.364. The number of sulfonamides is 1. The van der Waals surface area contributed by atoms with E-state index in [9.17, 15) is 8.42 Å². The molecule has 1 aliphatic rings. The second-order valence-electron chi connectivity index (χ2n) is 7.60. The highest BCUT2D eigenvalue weighted by molar-refractivity contribution is 7.89. The maximum Gasteiger partial charge on any atom is 0.241 e. The van der Waals surface area contributed by atoms with Crippen molar-refractivity contribution in [1.29, 1.82) is 0 Å². The Morgan fingerprint density at radius 2 is 1.70 bits per heavy atom. The van der Waals surface area contributed by atoms with Gasteiger partial charge in [-0.15, -0.1) is 0 Å². The summed E-state index contributed by atoms with van der Waals surface area (Å²) >= 11 is 0. The molecule has 1 heterocycles. The van der Waals surface area contributed by atoms with Crippen LogP contribution in [-0.2, 0) is 10.0 Å². The standard InChI is InChI=1S/C22H26N2O2S/c1-16-11-13-18(14-12-16)27(25,26)24-22(17-7-3-2-4-8-17)20-15-23-21-10-6-5-9-19(20)21/h5-6,9-15,17,22-24H,2-4,7-8H2,1H3. The van der Waals surface area contributed by atoms with Crippen LogP contribution in [0.15, 0.2) is 59.6 Å². The van der Waals surface area contributed by atoms with Crippen molar-refractivity contribution in [2.24, 2.45) is 5.92 Å². The van der Waals surface area contributed by atoms with Crippen molar-refractivity contribution in [3.63, 3.8) is 0 Å². The first kappa shape index (κ1) is 18.3. The maximum absolute atomic E-state index is 13.1. The fourth-order valence-corrected chi connectivity index (χ4v) is 5.47. The lowest BCUT2D eigenvalue weighted by molar-refractivity contribution is 0.295. The average molecular weight is 383 g/mol. The van der Waals surface area contributed by atoms with Crippen LogP contribution in [0.1, 0.15) is 49.3 Å². The van der Waals surface area contributed by atoms with Crippen LogP contribution in [0.3, 0.4) is 0 Å². The lowest BCUT2D eigenvalue weighted by Crippen LogP contribution is -2.34. The van der Waals surface area contributed by atoms with Gasteiger partial charge in [0.2, 0.25) is 10.0 Å². The van der Waals surface area contributed by atoms with Gasteiger partial charge >= 0.3 is 0 Å². The van der Waals surface area contributed by atoms with E-state index >= 15 is 0 Å². The summed E-state index contributed by atoms with van der Waals surface area (Å²) in [6.45, 7) is 1.96. The number of rotatable bonds is 5. The molecule has 1 fully saturated rings. The molecule has 4 rings (SSSR count). The molecule has 0 radical (unpaired) electrons. The van der Waals surface area contributed by atoms with Gasteiger partial charge in [-0.2, -0.15) is 0 Å². The topological polar surface area (TPSA) is 62.0 Å². The molecule has 27 heavy (non-hydrogen) atoms. The highest BCUT2D eigenvalue weighted by Crippen LogP contribution is 2.38. The number of H-pyrrole nitrogens is 1. The normalized spacial score (nSPS) is 17.2. The zero-order chi connectivity index (χ0) is 18.9. The van der Waals surface area contributed by atoms with Crippen LogP contribution in [-0.4, -0.2) is 13.4 Å². The van der Waals surface area contributed by atoms with E-state index in [1.807, 2.05) is 43.5 Å². The fourth-order valence-electron chi connectivity index (χ4n) is 4.19. The number of aromatic amines is 1. The number of nitrogens with one attached hydrogen (secondary N) is 2. The Morgan fingerprint density at radius 1 is 1.00 bits per heavy atom. The van der Waals surface area contributed by atoms with Crippen molar-refractivity contribution in [2.45, 2.75) is 50.0 Å². The summed E-state index contributed by atoms with van der Waals surface area (Å²) in [5.41, 5.74) is 3.14. The lowest BCUT2D eigenvalue weighted by atomic mass is 9.81. The number of benzene rings is 2. The second kappa shape index (κ2) is 7.49. The molecule has 0 bridgehead atoms. The number of fused-ring (bicyclic) bond motifs is 1. The predicted molar refractivity (Wildman–Crippen MR) is 109 cm³/mol. The van der Waals surface area contributed by atoms with Crippen LogP contribution in [0.25, 0.3) is 10.9 Å². The molecule has 0 saturated heterocycles. The van der Waals surface area contributed by atoms with Crippen molar-refractivity contribution >= 4 is 20.9 Å². The quantitative estimate of drug-likeness (QED) is 0.647. The van der Waals surface area contributed by atoms with E-state index in [0.29, 0.717) is 10.8 Å². The molecular formula is C22H26N2O2S. The van der Waals surface area contributed by atoms with Crippen LogP contribution < -0.4 is 4.72 Å². The van der Waals surface area contributed by atoms with E-state index in [-0.39, 0.29) is 6.04 Å². The Bertz CT molecular complexity index is 1020. The molecule has 142 valence electrons. The first-order chi connectivity index (χ1) is 13.0. The van der Waals surface area contributed by atoms with Gasteiger partial charge in [0, 0.05) is 17.1 Å². The predicted octanol–water partition coefficient (Wildman–Crippen LogP) is 5.08. The third-order valence-electron chi connectivity index (χ3n) is 5.69. The highest BCUT2D eigenvalue weighted by Gasteiger charge is 2.31. The van der Waals surface area contributed by atoms with Gasteiger partial charge in [0.25, 0.3) is 0 Å². The third-order valence-corrected chi connectivity index (χ3v) is 7.15. The monoisotopic (exact) mass is 382 g/mol. The Morgan fingerprint density at radius 3 is 2.44 bits per heavy atom. The smallest absolute Gasteiger partial charge is 0.241 e. The van der Waals surface area contributed by atoms with Crippen molar-refractivity contribution < 1.29 is 8.42 Å². The molecule has 1 saturated carbocycles. The number of hydrogen-bond acceptors (Lipinski definition) is 2. The van der Waals surface area contributed by atoms with E-state index < -0.39 is 10.0 Å². The minimum Gasteiger partial charge on any atom is -0.361 e. The van der Waals surface area contributed by atoms with Gasteiger partial charge in [-0.25, -0.2) is 13.1 Å². The van der Waals surface area contributed by atoms with Gasteiger partial charge in [-0.1, -0.05) is 55.2 Å². The summed E-state index contributed by atoms with van der Waals surface area (Å²) in [4.78, 5) is 3.63. The number of para-hydroxylation sites is 1. The lowest BCUT2D eigenvalue weighted by Gasteiger charge is -2.31.